The quantitative estimate of drug-likeness (QED) is 0.920. The molecular weight excluding hydrogens is 294 g/mol. The van der Waals surface area contributed by atoms with Crippen LogP contribution >= 0.6 is 11.3 Å². The Labute approximate surface area is 136 Å². The predicted molar refractivity (Wildman–Crippen MR) is 92.6 cm³/mol. The first kappa shape index (κ1) is 15.7. The number of piperidine rings is 1. The number of fused-ring (bicyclic) bond motifs is 1. The highest BCUT2D eigenvalue weighted by molar-refractivity contribution is 7.18. The second-order valence-electron chi connectivity index (χ2n) is 7.26. The van der Waals surface area contributed by atoms with Gasteiger partial charge in [0.05, 0.1) is 11.5 Å². The Morgan fingerprint density at radius 2 is 2.14 bits per heavy atom. The monoisotopic (exact) mass is 319 g/mol. The minimum absolute atomic E-state index is 0.143. The van der Waals surface area contributed by atoms with Crippen molar-refractivity contribution in [2.75, 3.05) is 18.0 Å². The van der Waals surface area contributed by atoms with Crippen LogP contribution in [-0.4, -0.2) is 34.3 Å². The summed E-state index contributed by atoms with van der Waals surface area (Å²) in [6.07, 6.45) is 3.37. The Hall–Kier alpha value is -1.20. The summed E-state index contributed by atoms with van der Waals surface area (Å²) in [4.78, 5) is 13.5. The molecule has 0 saturated carbocycles. The minimum Gasteiger partial charge on any atom is -0.391 e. The molecule has 0 aliphatic carbocycles. The maximum atomic E-state index is 10.6. The van der Waals surface area contributed by atoms with Crippen LogP contribution in [0.2, 0.25) is 0 Å². The summed E-state index contributed by atoms with van der Waals surface area (Å²) in [5.74, 6) is 1.32. The van der Waals surface area contributed by atoms with E-state index in [1.807, 2.05) is 0 Å². The average Bonchev–Trinajstić information content (AvgIpc) is 2.88. The molecule has 0 aromatic carbocycles. The number of anilines is 1. The lowest BCUT2D eigenvalue weighted by Gasteiger charge is -2.42. The van der Waals surface area contributed by atoms with Gasteiger partial charge in [0.1, 0.15) is 17.0 Å². The number of aliphatic hydroxyl groups is 1. The van der Waals surface area contributed by atoms with E-state index in [1.54, 1.807) is 17.7 Å². The van der Waals surface area contributed by atoms with E-state index in [0.29, 0.717) is 12.5 Å². The van der Waals surface area contributed by atoms with Crippen molar-refractivity contribution in [2.45, 2.75) is 46.6 Å². The van der Waals surface area contributed by atoms with Gasteiger partial charge in [-0.2, -0.15) is 0 Å². The Balaban J connectivity index is 1.88. The summed E-state index contributed by atoms with van der Waals surface area (Å²) in [6.45, 7) is 10.4. The second kappa shape index (κ2) is 5.78. The summed E-state index contributed by atoms with van der Waals surface area (Å²) >= 11 is 1.74. The molecule has 5 heteroatoms. The number of nitrogens with zero attached hydrogens (tertiary/aromatic N) is 3. The molecule has 1 N–H and O–H groups in total. The number of hydrogen-bond acceptors (Lipinski definition) is 5. The van der Waals surface area contributed by atoms with Crippen molar-refractivity contribution in [3.8, 4) is 0 Å². The summed E-state index contributed by atoms with van der Waals surface area (Å²) in [7, 11) is 0. The minimum atomic E-state index is -0.303. The topological polar surface area (TPSA) is 49.2 Å². The fourth-order valence-electron chi connectivity index (χ4n) is 3.45. The molecule has 120 valence electrons. The molecule has 0 bridgehead atoms. The van der Waals surface area contributed by atoms with E-state index in [1.165, 1.54) is 4.88 Å². The zero-order valence-electron chi connectivity index (χ0n) is 13.8. The van der Waals surface area contributed by atoms with E-state index in [9.17, 15) is 5.11 Å². The molecule has 1 aliphatic rings. The molecule has 1 saturated heterocycles. The van der Waals surface area contributed by atoms with Crippen molar-refractivity contribution in [3.63, 3.8) is 0 Å². The number of aromatic nitrogens is 2. The van der Waals surface area contributed by atoms with Crippen molar-refractivity contribution >= 4 is 27.4 Å². The largest absolute Gasteiger partial charge is 0.391 e. The van der Waals surface area contributed by atoms with Crippen molar-refractivity contribution in [3.05, 3.63) is 17.3 Å². The summed E-state index contributed by atoms with van der Waals surface area (Å²) in [5, 5.41) is 11.7. The molecule has 2 aromatic rings. The van der Waals surface area contributed by atoms with Gasteiger partial charge >= 0.3 is 0 Å². The maximum Gasteiger partial charge on any atom is 0.140 e. The molecule has 1 aliphatic heterocycles. The molecule has 3 rings (SSSR count). The highest BCUT2D eigenvalue weighted by atomic mass is 32.1. The van der Waals surface area contributed by atoms with Gasteiger partial charge in [-0.15, -0.1) is 11.3 Å². The highest BCUT2D eigenvalue weighted by Gasteiger charge is 2.36. The fraction of sp³-hybridized carbons (Fsp3) is 0.647. The van der Waals surface area contributed by atoms with Crippen molar-refractivity contribution in [1.82, 2.24) is 9.97 Å². The zero-order chi connectivity index (χ0) is 15.9. The molecule has 2 atom stereocenters. The number of aryl methyl sites for hydroxylation is 1. The Bertz CT molecular complexity index is 661. The van der Waals surface area contributed by atoms with Crippen LogP contribution in [0.25, 0.3) is 10.2 Å². The van der Waals surface area contributed by atoms with E-state index >= 15 is 0 Å². The predicted octanol–water partition coefficient (Wildman–Crippen LogP) is 3.49. The van der Waals surface area contributed by atoms with Crippen molar-refractivity contribution in [2.24, 2.45) is 11.3 Å². The molecule has 2 aromatic heterocycles. The first-order valence-corrected chi connectivity index (χ1v) is 8.88. The lowest BCUT2D eigenvalue weighted by Crippen LogP contribution is -2.48. The van der Waals surface area contributed by atoms with Gasteiger partial charge in [-0.25, -0.2) is 9.97 Å². The first-order valence-electron chi connectivity index (χ1n) is 8.06. The normalized spacial score (nSPS) is 23.2. The lowest BCUT2D eigenvalue weighted by molar-refractivity contribution is 0.0292. The third-order valence-corrected chi connectivity index (χ3v) is 5.89. The molecule has 4 nitrogen and oxygen atoms in total. The van der Waals surface area contributed by atoms with Gasteiger partial charge in [-0.05, 0) is 30.2 Å². The van der Waals surface area contributed by atoms with Gasteiger partial charge in [0.25, 0.3) is 0 Å². The number of aliphatic hydroxyl groups excluding tert-OH is 1. The standard InChI is InChI=1S/C17H25N3OS/c1-5-11-8-12-15(18-10-19-16(12)22-11)20-7-6-13(14(21)9-20)17(2,3)4/h8,10,13-14,21H,5-7,9H2,1-4H3/t13-,14-/m1/s1. The van der Waals surface area contributed by atoms with Gasteiger partial charge in [0, 0.05) is 18.0 Å². The lowest BCUT2D eigenvalue weighted by atomic mass is 9.73. The van der Waals surface area contributed by atoms with Gasteiger partial charge in [-0.1, -0.05) is 27.7 Å². The van der Waals surface area contributed by atoms with E-state index in [-0.39, 0.29) is 11.5 Å². The van der Waals surface area contributed by atoms with E-state index in [2.05, 4.69) is 48.6 Å². The highest BCUT2D eigenvalue weighted by Crippen LogP contribution is 2.37. The Morgan fingerprint density at radius 3 is 2.77 bits per heavy atom. The number of rotatable bonds is 2. The third kappa shape index (κ3) is 2.84. The number of β-amino-alcohol motifs (C(OH)–C–C–N with tert-alkyl or cyclic N) is 1. The molecule has 0 spiro atoms. The van der Waals surface area contributed by atoms with Gasteiger partial charge < -0.3 is 10.0 Å². The number of thiophene rings is 1. The first-order chi connectivity index (χ1) is 10.4. The van der Waals surface area contributed by atoms with E-state index < -0.39 is 0 Å². The Kier molecular flexibility index (Phi) is 4.12. The zero-order valence-corrected chi connectivity index (χ0v) is 14.7. The van der Waals surface area contributed by atoms with Crippen LogP contribution < -0.4 is 4.90 Å². The second-order valence-corrected chi connectivity index (χ2v) is 8.37. The van der Waals surface area contributed by atoms with Crippen molar-refractivity contribution < 1.29 is 5.11 Å². The van der Waals surface area contributed by atoms with Gasteiger partial charge in [0.2, 0.25) is 0 Å². The molecule has 0 unspecified atom stereocenters. The SMILES string of the molecule is CCc1cc2c(N3CC[C@@H](C(C)(C)C)[C@H](O)C3)ncnc2s1. The molecular formula is C17H25N3OS. The summed E-state index contributed by atoms with van der Waals surface area (Å²) in [5.41, 5.74) is 0.143. The smallest absolute Gasteiger partial charge is 0.140 e. The van der Waals surface area contributed by atoms with Gasteiger partial charge in [-0.3, -0.25) is 0 Å². The Morgan fingerprint density at radius 1 is 1.36 bits per heavy atom. The molecule has 1 fully saturated rings. The van der Waals surface area contributed by atoms with Crippen LogP contribution in [0.15, 0.2) is 12.4 Å². The van der Waals surface area contributed by atoms with Crippen LogP contribution in [0, 0.1) is 11.3 Å². The van der Waals surface area contributed by atoms with E-state index in [0.717, 1.165) is 35.4 Å². The number of hydrogen-bond donors (Lipinski definition) is 1. The fourth-order valence-corrected chi connectivity index (χ4v) is 4.38. The van der Waals surface area contributed by atoms with Crippen LogP contribution in [-0.2, 0) is 6.42 Å². The van der Waals surface area contributed by atoms with Gasteiger partial charge in [0.15, 0.2) is 0 Å². The van der Waals surface area contributed by atoms with E-state index in [4.69, 9.17) is 0 Å². The molecule has 3 heterocycles. The summed E-state index contributed by atoms with van der Waals surface area (Å²) in [6, 6.07) is 2.21. The third-order valence-electron chi connectivity index (χ3n) is 4.70. The average molecular weight is 319 g/mol. The molecule has 0 radical (unpaired) electrons. The molecule has 22 heavy (non-hydrogen) atoms. The summed E-state index contributed by atoms with van der Waals surface area (Å²) < 4.78 is 0. The van der Waals surface area contributed by atoms with Crippen LogP contribution in [0.5, 0.6) is 0 Å². The van der Waals surface area contributed by atoms with Crippen LogP contribution in [0.4, 0.5) is 5.82 Å². The molecule has 0 amide bonds. The van der Waals surface area contributed by atoms with Crippen LogP contribution in [0.1, 0.15) is 39.0 Å². The van der Waals surface area contributed by atoms with Crippen molar-refractivity contribution in [1.29, 1.82) is 0 Å². The maximum absolute atomic E-state index is 10.6. The van der Waals surface area contributed by atoms with Crippen LogP contribution in [0.3, 0.4) is 0 Å².